The van der Waals surface area contributed by atoms with Crippen LogP contribution in [0.25, 0.3) is 4.96 Å². The molecule has 2 aromatic rings. The standard InChI is InChI=1S/C11H11N3O5S/c1-5-4-20-11-13-7(3-14(5)11)9(17)12-6(10(18)19)2-8(15)16/h3-4,6H,2H2,1H3,(H,12,17)(H,15,16)(H,18,19). The molecule has 2 heterocycles. The molecule has 2 aromatic heterocycles. The van der Waals surface area contributed by atoms with Gasteiger partial charge in [0.1, 0.15) is 11.7 Å². The van der Waals surface area contributed by atoms with Crippen LogP contribution < -0.4 is 5.32 Å². The maximum Gasteiger partial charge on any atom is 0.326 e. The fraction of sp³-hybridized carbons (Fsp3) is 0.273. The molecule has 0 fully saturated rings. The number of nitrogens with one attached hydrogen (secondary N) is 1. The van der Waals surface area contributed by atoms with E-state index >= 15 is 0 Å². The lowest BCUT2D eigenvalue weighted by atomic mass is 10.2. The van der Waals surface area contributed by atoms with Gasteiger partial charge in [0, 0.05) is 17.3 Å². The van der Waals surface area contributed by atoms with Crippen LogP contribution in [0, 0.1) is 6.92 Å². The minimum Gasteiger partial charge on any atom is -0.481 e. The van der Waals surface area contributed by atoms with E-state index in [-0.39, 0.29) is 5.69 Å². The van der Waals surface area contributed by atoms with E-state index in [0.29, 0.717) is 4.96 Å². The van der Waals surface area contributed by atoms with Gasteiger partial charge in [0.15, 0.2) is 4.96 Å². The summed E-state index contributed by atoms with van der Waals surface area (Å²) in [5.74, 6) is -3.42. The van der Waals surface area contributed by atoms with Crippen LogP contribution in [0.4, 0.5) is 0 Å². The summed E-state index contributed by atoms with van der Waals surface area (Å²) in [7, 11) is 0. The number of fused-ring (bicyclic) bond motifs is 1. The van der Waals surface area contributed by atoms with Crippen LogP contribution in [0.2, 0.25) is 0 Å². The Morgan fingerprint density at radius 2 is 2.15 bits per heavy atom. The Balaban J connectivity index is 2.17. The first kappa shape index (κ1) is 14.0. The molecule has 2 rings (SSSR count). The van der Waals surface area contributed by atoms with Gasteiger partial charge < -0.3 is 15.5 Å². The predicted octanol–water partition coefficient (Wildman–Crippen LogP) is 0.362. The van der Waals surface area contributed by atoms with Crippen molar-refractivity contribution >= 4 is 34.1 Å². The lowest BCUT2D eigenvalue weighted by Gasteiger charge is -2.10. The molecule has 0 aliphatic carbocycles. The third-order valence-corrected chi connectivity index (χ3v) is 3.56. The molecular weight excluding hydrogens is 286 g/mol. The number of thiazole rings is 1. The third kappa shape index (κ3) is 2.77. The van der Waals surface area contributed by atoms with Crippen LogP contribution in [0.5, 0.6) is 0 Å². The maximum atomic E-state index is 11.9. The normalized spacial score (nSPS) is 12.2. The fourth-order valence-corrected chi connectivity index (χ4v) is 2.46. The lowest BCUT2D eigenvalue weighted by molar-refractivity contribution is -0.145. The van der Waals surface area contributed by atoms with E-state index < -0.39 is 30.3 Å². The van der Waals surface area contributed by atoms with Gasteiger partial charge >= 0.3 is 11.9 Å². The monoisotopic (exact) mass is 297 g/mol. The molecule has 0 radical (unpaired) electrons. The van der Waals surface area contributed by atoms with Gasteiger partial charge in [-0.15, -0.1) is 11.3 Å². The van der Waals surface area contributed by atoms with Crippen LogP contribution in [-0.2, 0) is 9.59 Å². The second-order valence-corrected chi connectivity index (χ2v) is 4.95. The lowest BCUT2D eigenvalue weighted by Crippen LogP contribution is -2.42. The number of carboxylic acid groups (broad SMARTS) is 2. The van der Waals surface area contributed by atoms with Crippen molar-refractivity contribution in [2.24, 2.45) is 0 Å². The number of aromatic nitrogens is 2. The Kier molecular flexibility index (Phi) is 3.70. The minimum atomic E-state index is -1.49. The molecule has 0 aliphatic rings. The van der Waals surface area contributed by atoms with E-state index in [1.54, 1.807) is 4.40 Å². The zero-order valence-corrected chi connectivity index (χ0v) is 11.2. The number of aryl methyl sites for hydroxylation is 1. The van der Waals surface area contributed by atoms with Crippen LogP contribution in [-0.4, -0.2) is 43.5 Å². The molecule has 20 heavy (non-hydrogen) atoms. The van der Waals surface area contributed by atoms with Gasteiger partial charge in [-0.3, -0.25) is 14.0 Å². The molecular formula is C11H11N3O5S. The van der Waals surface area contributed by atoms with Crippen molar-refractivity contribution < 1.29 is 24.6 Å². The summed E-state index contributed by atoms with van der Waals surface area (Å²) in [5, 5.41) is 21.5. The third-order valence-electron chi connectivity index (χ3n) is 2.60. The SMILES string of the molecule is Cc1csc2nc(C(=O)NC(CC(=O)O)C(=O)O)cn12. The molecule has 0 bridgehead atoms. The number of rotatable bonds is 5. The Hall–Kier alpha value is -2.42. The van der Waals surface area contributed by atoms with Gasteiger partial charge in [-0.25, -0.2) is 9.78 Å². The summed E-state index contributed by atoms with van der Waals surface area (Å²) in [6, 6.07) is -1.49. The number of aliphatic carboxylic acids is 2. The molecule has 0 saturated heterocycles. The molecule has 0 saturated carbocycles. The predicted molar refractivity (Wildman–Crippen MR) is 68.9 cm³/mol. The number of carbonyl (C=O) groups is 3. The minimum absolute atomic E-state index is 0.0524. The molecule has 1 amide bonds. The van der Waals surface area contributed by atoms with Crippen molar-refractivity contribution in [3.63, 3.8) is 0 Å². The van der Waals surface area contributed by atoms with Crippen molar-refractivity contribution in [3.05, 3.63) is 23.0 Å². The number of amides is 1. The number of carbonyl (C=O) groups excluding carboxylic acids is 1. The van der Waals surface area contributed by atoms with Crippen molar-refractivity contribution in [3.8, 4) is 0 Å². The van der Waals surface area contributed by atoms with E-state index in [1.165, 1.54) is 17.5 Å². The molecule has 8 nitrogen and oxygen atoms in total. The van der Waals surface area contributed by atoms with E-state index in [2.05, 4.69) is 10.3 Å². The summed E-state index contributed by atoms with van der Waals surface area (Å²) >= 11 is 1.35. The Morgan fingerprint density at radius 3 is 2.70 bits per heavy atom. The molecule has 0 aromatic carbocycles. The zero-order valence-electron chi connectivity index (χ0n) is 10.4. The van der Waals surface area contributed by atoms with Gasteiger partial charge in [0.05, 0.1) is 6.42 Å². The number of nitrogens with zero attached hydrogens (tertiary/aromatic N) is 2. The van der Waals surface area contributed by atoms with Crippen LogP contribution in [0.3, 0.4) is 0 Å². The Morgan fingerprint density at radius 1 is 1.45 bits per heavy atom. The second-order valence-electron chi connectivity index (χ2n) is 4.12. The molecule has 0 spiro atoms. The van der Waals surface area contributed by atoms with Crippen molar-refractivity contribution in [2.45, 2.75) is 19.4 Å². The van der Waals surface area contributed by atoms with Gasteiger partial charge in [-0.2, -0.15) is 0 Å². The molecule has 0 aliphatic heterocycles. The zero-order chi connectivity index (χ0) is 14.9. The number of hydrogen-bond acceptors (Lipinski definition) is 5. The second kappa shape index (κ2) is 5.29. The van der Waals surface area contributed by atoms with E-state index in [1.807, 2.05) is 12.3 Å². The quantitative estimate of drug-likeness (QED) is 0.732. The smallest absolute Gasteiger partial charge is 0.326 e. The molecule has 106 valence electrons. The summed E-state index contributed by atoms with van der Waals surface area (Å²) < 4.78 is 1.70. The summed E-state index contributed by atoms with van der Waals surface area (Å²) in [4.78, 5) is 38.0. The summed E-state index contributed by atoms with van der Waals surface area (Å²) in [6.07, 6.45) is 0.790. The summed E-state index contributed by atoms with van der Waals surface area (Å²) in [5.41, 5.74) is 0.952. The maximum absolute atomic E-state index is 11.9. The van der Waals surface area contributed by atoms with Crippen LogP contribution >= 0.6 is 11.3 Å². The first-order valence-electron chi connectivity index (χ1n) is 5.57. The highest BCUT2D eigenvalue weighted by molar-refractivity contribution is 7.15. The van der Waals surface area contributed by atoms with Gasteiger partial charge in [0.2, 0.25) is 0 Å². The van der Waals surface area contributed by atoms with E-state index in [0.717, 1.165) is 5.69 Å². The number of carboxylic acids is 2. The van der Waals surface area contributed by atoms with Crippen LogP contribution in [0.15, 0.2) is 11.6 Å². The van der Waals surface area contributed by atoms with Gasteiger partial charge in [0.25, 0.3) is 5.91 Å². The van der Waals surface area contributed by atoms with Crippen molar-refractivity contribution in [1.82, 2.24) is 14.7 Å². The van der Waals surface area contributed by atoms with Gasteiger partial charge in [-0.05, 0) is 6.92 Å². The van der Waals surface area contributed by atoms with Gasteiger partial charge in [-0.1, -0.05) is 0 Å². The first-order valence-corrected chi connectivity index (χ1v) is 6.45. The molecule has 9 heteroatoms. The van der Waals surface area contributed by atoms with Crippen molar-refractivity contribution in [2.75, 3.05) is 0 Å². The highest BCUT2D eigenvalue weighted by Gasteiger charge is 2.24. The largest absolute Gasteiger partial charge is 0.481 e. The molecule has 3 N–H and O–H groups in total. The average Bonchev–Trinajstić information content (AvgIpc) is 2.90. The first-order chi connectivity index (χ1) is 9.38. The van der Waals surface area contributed by atoms with E-state index in [4.69, 9.17) is 10.2 Å². The highest BCUT2D eigenvalue weighted by Crippen LogP contribution is 2.15. The highest BCUT2D eigenvalue weighted by atomic mass is 32.1. The average molecular weight is 297 g/mol. The Labute approximate surface area is 116 Å². The molecule has 1 atom stereocenters. The molecule has 1 unspecified atom stereocenters. The number of imidazole rings is 1. The summed E-state index contributed by atoms with van der Waals surface area (Å²) in [6.45, 7) is 1.84. The number of hydrogen-bond donors (Lipinski definition) is 3. The fourth-order valence-electron chi connectivity index (χ4n) is 1.61. The van der Waals surface area contributed by atoms with E-state index in [9.17, 15) is 14.4 Å². The topological polar surface area (TPSA) is 121 Å². The van der Waals surface area contributed by atoms with Crippen molar-refractivity contribution in [1.29, 1.82) is 0 Å². The Bertz CT molecular complexity index is 689. The van der Waals surface area contributed by atoms with Crippen LogP contribution in [0.1, 0.15) is 22.6 Å².